The maximum Gasteiger partial charge on any atom is 0.396 e. The molecule has 0 atom stereocenters. The van der Waals surface area contributed by atoms with Crippen molar-refractivity contribution in [2.45, 2.75) is 44.8 Å². The van der Waals surface area contributed by atoms with Crippen molar-refractivity contribution in [1.82, 2.24) is 24.8 Å². The van der Waals surface area contributed by atoms with E-state index in [9.17, 15) is 18.0 Å². The van der Waals surface area contributed by atoms with E-state index in [0.717, 1.165) is 36.3 Å². The Labute approximate surface area is 247 Å². The molecule has 1 fully saturated rings. The topological polar surface area (TPSA) is 108 Å². The maximum atomic E-state index is 12.8. The molecular formula is C30H34F3N7O3. The van der Waals surface area contributed by atoms with E-state index in [-0.39, 0.29) is 11.9 Å². The van der Waals surface area contributed by atoms with Crippen LogP contribution >= 0.6 is 0 Å². The van der Waals surface area contributed by atoms with Crippen LogP contribution in [0.25, 0.3) is 11.0 Å². The molecule has 0 saturated carbocycles. The number of aromatic nitrogens is 4. The summed E-state index contributed by atoms with van der Waals surface area (Å²) >= 11 is 0. The summed E-state index contributed by atoms with van der Waals surface area (Å²) in [5.41, 5.74) is 3.70. The van der Waals surface area contributed by atoms with Crippen LogP contribution in [-0.4, -0.2) is 77.3 Å². The fraction of sp³-hybridized carbons (Fsp3) is 0.400. The zero-order chi connectivity index (χ0) is 30.6. The summed E-state index contributed by atoms with van der Waals surface area (Å²) in [6, 6.07) is 11.0. The number of hydrogen-bond donors (Lipinski definition) is 2. The lowest BCUT2D eigenvalue weighted by Crippen LogP contribution is -2.45. The summed E-state index contributed by atoms with van der Waals surface area (Å²) in [5.74, 6) is 2.07. The van der Waals surface area contributed by atoms with Crippen molar-refractivity contribution in [2.75, 3.05) is 44.0 Å². The number of halogens is 3. The highest BCUT2D eigenvalue weighted by atomic mass is 19.4. The Bertz CT molecular complexity index is 1570. The van der Waals surface area contributed by atoms with E-state index in [1.807, 2.05) is 30.1 Å². The van der Waals surface area contributed by atoms with Crippen LogP contribution in [0.5, 0.6) is 17.4 Å². The number of H-pyrrole nitrogens is 1. The molecule has 13 heteroatoms. The Morgan fingerprint density at radius 2 is 1.93 bits per heavy atom. The van der Waals surface area contributed by atoms with Gasteiger partial charge in [-0.1, -0.05) is 0 Å². The minimum Gasteiger partial charge on any atom is -0.497 e. The Hall–Kier alpha value is -4.55. The van der Waals surface area contributed by atoms with Crippen LogP contribution in [0.2, 0.25) is 0 Å². The number of alkyl halides is 3. The quantitative estimate of drug-likeness (QED) is 0.225. The third-order valence-corrected chi connectivity index (χ3v) is 7.63. The van der Waals surface area contributed by atoms with E-state index < -0.39 is 12.6 Å². The number of methoxy groups -OCH3 is 1. The smallest absolute Gasteiger partial charge is 0.396 e. The maximum absolute atomic E-state index is 12.8. The summed E-state index contributed by atoms with van der Waals surface area (Å²) in [6.07, 6.45) is -0.866. The summed E-state index contributed by atoms with van der Waals surface area (Å²) in [6.45, 7) is 3.77. The Kier molecular flexibility index (Phi) is 8.88. The van der Waals surface area contributed by atoms with Crippen molar-refractivity contribution in [3.8, 4) is 17.4 Å². The summed E-state index contributed by atoms with van der Waals surface area (Å²) in [4.78, 5) is 31.5. The van der Waals surface area contributed by atoms with Gasteiger partial charge in [0.1, 0.15) is 35.9 Å². The van der Waals surface area contributed by atoms with Crippen molar-refractivity contribution < 1.29 is 27.4 Å². The van der Waals surface area contributed by atoms with Crippen LogP contribution in [0.3, 0.4) is 0 Å². The largest absolute Gasteiger partial charge is 0.497 e. The van der Waals surface area contributed by atoms with Gasteiger partial charge in [-0.05, 0) is 61.6 Å². The number of ether oxygens (including phenoxy) is 2. The third kappa shape index (κ3) is 7.27. The van der Waals surface area contributed by atoms with Gasteiger partial charge in [0.05, 0.1) is 18.1 Å². The molecule has 5 rings (SSSR count). The number of carbonyl (C=O) groups is 1. The first-order valence-electron chi connectivity index (χ1n) is 14.0. The van der Waals surface area contributed by atoms with E-state index in [0.29, 0.717) is 60.1 Å². The van der Waals surface area contributed by atoms with Gasteiger partial charge in [0.15, 0.2) is 0 Å². The van der Waals surface area contributed by atoms with Gasteiger partial charge >= 0.3 is 6.18 Å². The van der Waals surface area contributed by atoms with Gasteiger partial charge in [-0.25, -0.2) is 15.0 Å². The van der Waals surface area contributed by atoms with Gasteiger partial charge in [0.25, 0.3) is 0 Å². The van der Waals surface area contributed by atoms with Gasteiger partial charge < -0.3 is 29.6 Å². The molecule has 0 bridgehead atoms. The molecule has 228 valence electrons. The van der Waals surface area contributed by atoms with Crippen molar-refractivity contribution in [3.05, 3.63) is 59.7 Å². The highest BCUT2D eigenvalue weighted by Gasteiger charge is 2.30. The number of amides is 1. The van der Waals surface area contributed by atoms with Gasteiger partial charge in [0.2, 0.25) is 12.3 Å². The second-order valence-electron chi connectivity index (χ2n) is 10.5. The average Bonchev–Trinajstić information content (AvgIpc) is 3.39. The number of aromatic amines is 1. The number of nitrogens with one attached hydrogen (secondary N) is 2. The molecule has 1 aliphatic heterocycles. The van der Waals surface area contributed by atoms with Crippen molar-refractivity contribution in [2.24, 2.45) is 0 Å². The summed E-state index contributed by atoms with van der Waals surface area (Å²) < 4.78 is 49.8. The molecule has 0 spiro atoms. The van der Waals surface area contributed by atoms with E-state index in [1.54, 1.807) is 32.2 Å². The average molecular weight is 598 g/mol. The van der Waals surface area contributed by atoms with E-state index in [2.05, 4.69) is 30.2 Å². The van der Waals surface area contributed by atoms with Crippen LogP contribution in [0.1, 0.15) is 29.8 Å². The zero-order valence-corrected chi connectivity index (χ0v) is 24.2. The molecule has 43 heavy (non-hydrogen) atoms. The third-order valence-electron chi connectivity index (χ3n) is 7.63. The molecule has 1 amide bonds. The minimum atomic E-state index is -4.36. The predicted octanol–water partition coefficient (Wildman–Crippen LogP) is 5.28. The molecule has 3 heterocycles. The van der Waals surface area contributed by atoms with Crippen LogP contribution in [0.15, 0.2) is 42.7 Å². The Morgan fingerprint density at radius 1 is 1.14 bits per heavy atom. The number of aryl methyl sites for hydroxylation is 1. The van der Waals surface area contributed by atoms with Crippen LogP contribution in [-0.2, 0) is 17.6 Å². The second kappa shape index (κ2) is 12.8. The molecule has 2 aromatic carbocycles. The number of rotatable bonds is 11. The molecule has 10 nitrogen and oxygen atoms in total. The number of imidazole rings is 1. The lowest BCUT2D eigenvalue weighted by Gasteiger charge is -2.37. The van der Waals surface area contributed by atoms with Crippen molar-refractivity contribution in [3.63, 3.8) is 0 Å². The van der Waals surface area contributed by atoms with E-state index >= 15 is 0 Å². The molecule has 4 aromatic rings. The minimum absolute atomic E-state index is 0.112. The number of anilines is 2. The van der Waals surface area contributed by atoms with Crippen molar-refractivity contribution in [1.29, 1.82) is 0 Å². The lowest BCUT2D eigenvalue weighted by atomic mass is 10.0. The molecule has 0 unspecified atom stereocenters. The number of piperidine rings is 1. The summed E-state index contributed by atoms with van der Waals surface area (Å²) in [5, 5.41) is 3.20. The number of nitrogens with zero attached hydrogens (tertiary/aromatic N) is 5. The van der Waals surface area contributed by atoms with Gasteiger partial charge in [-0.3, -0.25) is 4.79 Å². The van der Waals surface area contributed by atoms with Crippen LogP contribution < -0.4 is 19.7 Å². The first-order valence-corrected chi connectivity index (χ1v) is 14.0. The fourth-order valence-electron chi connectivity index (χ4n) is 5.47. The molecule has 2 N–H and O–H groups in total. The van der Waals surface area contributed by atoms with Crippen molar-refractivity contribution >= 4 is 28.9 Å². The normalized spacial score (nSPS) is 14.1. The summed E-state index contributed by atoms with van der Waals surface area (Å²) in [7, 11) is 3.51. The SMILES string of the molecule is CNc1ccc(OC)cc1CCN(C=O)C1CCN(c2cc(Oc3cc(C)c4nc(CC(F)(F)F)[nH]c4c3)ncn2)CC1. The standard InChI is InChI=1S/C30H34F3N7O3/c1-19-12-23(14-25-29(19)38-26(37-25)16-30(31,32)33)43-28-15-27(35-17-36-28)39-10-7-21(8-11-39)40(18-41)9-6-20-13-22(42-3)4-5-24(20)34-2/h4-5,12-15,17-18,21,34H,6-11,16H2,1-3H3,(H,37,38). The number of benzene rings is 2. The van der Waals surface area contributed by atoms with E-state index in [1.165, 1.54) is 6.33 Å². The molecule has 0 radical (unpaired) electrons. The number of fused-ring (bicyclic) bond motifs is 1. The molecule has 2 aromatic heterocycles. The highest BCUT2D eigenvalue weighted by molar-refractivity contribution is 5.80. The van der Waals surface area contributed by atoms with Gasteiger partial charge in [-0.2, -0.15) is 13.2 Å². The molecular weight excluding hydrogens is 563 g/mol. The molecule has 1 saturated heterocycles. The predicted molar refractivity (Wildman–Crippen MR) is 157 cm³/mol. The second-order valence-corrected chi connectivity index (χ2v) is 10.5. The number of carbonyl (C=O) groups excluding carboxylic acids is 1. The lowest BCUT2D eigenvalue weighted by molar-refractivity contribution is -0.128. The first kappa shape index (κ1) is 29.9. The molecule has 1 aliphatic rings. The fourth-order valence-corrected chi connectivity index (χ4v) is 5.47. The highest BCUT2D eigenvalue weighted by Crippen LogP contribution is 2.30. The van der Waals surface area contributed by atoms with Crippen LogP contribution in [0, 0.1) is 6.92 Å². The number of hydrogen-bond acceptors (Lipinski definition) is 8. The zero-order valence-electron chi connectivity index (χ0n) is 24.2. The van der Waals surface area contributed by atoms with Gasteiger partial charge in [-0.15, -0.1) is 0 Å². The van der Waals surface area contributed by atoms with Crippen LogP contribution in [0.4, 0.5) is 24.7 Å². The Balaban J connectivity index is 1.20. The Morgan fingerprint density at radius 3 is 2.63 bits per heavy atom. The monoisotopic (exact) mass is 597 g/mol. The van der Waals surface area contributed by atoms with E-state index in [4.69, 9.17) is 9.47 Å². The van der Waals surface area contributed by atoms with Gasteiger partial charge in [0, 0.05) is 50.5 Å². The first-order chi connectivity index (χ1) is 20.6. The molecule has 0 aliphatic carbocycles.